The Morgan fingerprint density at radius 1 is 1.10 bits per heavy atom. The molecule has 4 heteroatoms. The van der Waals surface area contributed by atoms with Crippen LogP contribution in [0.25, 0.3) is 0 Å². The van der Waals surface area contributed by atoms with E-state index in [0.717, 1.165) is 16.9 Å². The Kier molecular flexibility index (Phi) is 5.35. The molecule has 0 saturated carbocycles. The maximum atomic E-state index is 11.4. The van der Waals surface area contributed by atoms with Crippen molar-refractivity contribution in [1.82, 2.24) is 5.32 Å². The van der Waals surface area contributed by atoms with Gasteiger partial charge in [-0.05, 0) is 29.7 Å². The molecule has 0 unspecified atom stereocenters. The summed E-state index contributed by atoms with van der Waals surface area (Å²) in [6, 6.07) is 17.1. The Labute approximate surface area is 124 Å². The lowest BCUT2D eigenvalue weighted by Gasteiger charge is -2.11. The number of rotatable bonds is 6. The van der Waals surface area contributed by atoms with E-state index in [1.54, 1.807) is 7.05 Å². The number of amides is 1. The van der Waals surface area contributed by atoms with E-state index in [2.05, 4.69) is 5.32 Å². The summed E-state index contributed by atoms with van der Waals surface area (Å²) in [7, 11) is 1.59. The minimum Gasteiger partial charge on any atom is -0.489 e. The van der Waals surface area contributed by atoms with Gasteiger partial charge >= 0.3 is 0 Å². The lowest BCUT2D eigenvalue weighted by atomic mass is 10.1. The smallest absolute Gasteiger partial charge is 0.237 e. The predicted molar refractivity (Wildman–Crippen MR) is 83.0 cm³/mol. The molecule has 0 radical (unpaired) electrons. The zero-order valence-corrected chi connectivity index (χ0v) is 12.1. The second-order valence-electron chi connectivity index (χ2n) is 4.84. The Balaban J connectivity index is 1.88. The third kappa shape index (κ3) is 4.61. The van der Waals surface area contributed by atoms with Crippen molar-refractivity contribution in [1.29, 1.82) is 0 Å². The van der Waals surface area contributed by atoms with Crippen molar-refractivity contribution >= 4 is 5.91 Å². The van der Waals surface area contributed by atoms with Gasteiger partial charge < -0.3 is 15.8 Å². The molecule has 1 atom stereocenters. The van der Waals surface area contributed by atoms with Gasteiger partial charge in [-0.15, -0.1) is 0 Å². The predicted octanol–water partition coefficient (Wildman–Crippen LogP) is 1.88. The lowest BCUT2D eigenvalue weighted by molar-refractivity contribution is -0.121. The van der Waals surface area contributed by atoms with Gasteiger partial charge in [0.2, 0.25) is 5.91 Å². The van der Waals surface area contributed by atoms with Crippen LogP contribution in [0, 0.1) is 0 Å². The summed E-state index contributed by atoms with van der Waals surface area (Å²) in [6.45, 7) is 0.540. The van der Waals surface area contributed by atoms with Gasteiger partial charge in [0.1, 0.15) is 12.4 Å². The van der Waals surface area contributed by atoms with Gasteiger partial charge in [0.25, 0.3) is 0 Å². The van der Waals surface area contributed by atoms with Crippen LogP contribution < -0.4 is 15.8 Å². The van der Waals surface area contributed by atoms with Crippen LogP contribution in [-0.4, -0.2) is 19.0 Å². The average Bonchev–Trinajstić information content (AvgIpc) is 2.54. The van der Waals surface area contributed by atoms with Crippen LogP contribution in [-0.2, 0) is 17.8 Å². The van der Waals surface area contributed by atoms with Gasteiger partial charge in [0.15, 0.2) is 0 Å². The van der Waals surface area contributed by atoms with Crippen molar-refractivity contribution in [2.45, 2.75) is 19.1 Å². The Hall–Kier alpha value is -2.33. The maximum absolute atomic E-state index is 11.4. The number of nitrogens with one attached hydrogen (secondary N) is 1. The first-order chi connectivity index (χ1) is 10.2. The number of benzene rings is 2. The molecule has 0 heterocycles. The highest BCUT2D eigenvalue weighted by Crippen LogP contribution is 2.15. The fraction of sp³-hybridized carbons (Fsp3) is 0.235. The van der Waals surface area contributed by atoms with Crippen LogP contribution in [0.4, 0.5) is 0 Å². The highest BCUT2D eigenvalue weighted by Gasteiger charge is 2.11. The Morgan fingerprint density at radius 2 is 1.76 bits per heavy atom. The number of hydrogen-bond donors (Lipinski definition) is 2. The van der Waals surface area contributed by atoms with Crippen LogP contribution >= 0.6 is 0 Å². The van der Waals surface area contributed by atoms with Gasteiger partial charge in [0, 0.05) is 7.05 Å². The summed E-state index contributed by atoms with van der Waals surface area (Å²) < 4.78 is 5.71. The van der Waals surface area contributed by atoms with Crippen molar-refractivity contribution in [3.05, 3.63) is 65.7 Å². The van der Waals surface area contributed by atoms with Gasteiger partial charge in [-0.25, -0.2) is 0 Å². The van der Waals surface area contributed by atoms with E-state index in [1.807, 2.05) is 54.6 Å². The van der Waals surface area contributed by atoms with Crippen LogP contribution in [0.15, 0.2) is 54.6 Å². The molecule has 1 amide bonds. The molecular formula is C17H20N2O2. The van der Waals surface area contributed by atoms with E-state index >= 15 is 0 Å². The molecule has 0 aromatic heterocycles. The average molecular weight is 284 g/mol. The molecule has 2 aromatic rings. The van der Waals surface area contributed by atoms with Gasteiger partial charge in [-0.2, -0.15) is 0 Å². The van der Waals surface area contributed by atoms with E-state index in [0.29, 0.717) is 13.0 Å². The summed E-state index contributed by atoms with van der Waals surface area (Å²) in [5.74, 6) is 0.649. The van der Waals surface area contributed by atoms with Crippen molar-refractivity contribution in [2.75, 3.05) is 7.05 Å². The number of nitrogens with two attached hydrogens (primary N) is 1. The first kappa shape index (κ1) is 15.1. The first-order valence-electron chi connectivity index (χ1n) is 6.92. The zero-order valence-electron chi connectivity index (χ0n) is 12.1. The standard InChI is InChI=1S/C17H20N2O2/c1-19-17(20)16(18)11-13-7-9-15(10-8-13)21-12-14-5-3-2-4-6-14/h2-10,16H,11-12,18H2,1H3,(H,19,20)/t16-/m0/s1. The second-order valence-corrected chi connectivity index (χ2v) is 4.84. The Morgan fingerprint density at radius 3 is 2.38 bits per heavy atom. The molecule has 21 heavy (non-hydrogen) atoms. The quantitative estimate of drug-likeness (QED) is 0.851. The summed E-state index contributed by atoms with van der Waals surface area (Å²) in [5, 5.41) is 2.55. The molecule has 0 aliphatic carbocycles. The monoisotopic (exact) mass is 284 g/mol. The highest BCUT2D eigenvalue weighted by atomic mass is 16.5. The third-order valence-electron chi connectivity index (χ3n) is 3.21. The number of carbonyl (C=O) groups is 1. The van der Waals surface area contributed by atoms with E-state index in [4.69, 9.17) is 10.5 Å². The van der Waals surface area contributed by atoms with E-state index < -0.39 is 6.04 Å². The minimum absolute atomic E-state index is 0.153. The largest absolute Gasteiger partial charge is 0.489 e. The maximum Gasteiger partial charge on any atom is 0.237 e. The van der Waals surface area contributed by atoms with Crippen LogP contribution in [0.3, 0.4) is 0 Å². The zero-order chi connectivity index (χ0) is 15.1. The molecule has 2 rings (SSSR count). The summed E-state index contributed by atoms with van der Waals surface area (Å²) >= 11 is 0. The second kappa shape index (κ2) is 7.45. The Bertz CT molecular complexity index is 567. The third-order valence-corrected chi connectivity index (χ3v) is 3.21. The number of hydrogen-bond acceptors (Lipinski definition) is 3. The van der Waals surface area contributed by atoms with Crippen LogP contribution in [0.1, 0.15) is 11.1 Å². The number of ether oxygens (including phenoxy) is 1. The van der Waals surface area contributed by atoms with Crippen LogP contribution in [0.2, 0.25) is 0 Å². The first-order valence-corrected chi connectivity index (χ1v) is 6.92. The van der Waals surface area contributed by atoms with Crippen molar-refractivity contribution in [3.63, 3.8) is 0 Å². The normalized spacial score (nSPS) is 11.7. The van der Waals surface area contributed by atoms with Gasteiger partial charge in [-0.3, -0.25) is 4.79 Å². The molecule has 4 nitrogen and oxygen atoms in total. The molecule has 0 spiro atoms. The summed E-state index contributed by atoms with van der Waals surface area (Å²) in [4.78, 5) is 11.4. The van der Waals surface area contributed by atoms with Crippen molar-refractivity contribution in [3.8, 4) is 5.75 Å². The summed E-state index contributed by atoms with van der Waals surface area (Å²) in [6.07, 6.45) is 0.513. The fourth-order valence-corrected chi connectivity index (χ4v) is 1.99. The van der Waals surface area contributed by atoms with Crippen molar-refractivity contribution < 1.29 is 9.53 Å². The lowest BCUT2D eigenvalue weighted by Crippen LogP contribution is -2.40. The molecule has 110 valence electrons. The minimum atomic E-state index is -0.522. The van der Waals surface area contributed by atoms with E-state index in [9.17, 15) is 4.79 Å². The molecule has 0 bridgehead atoms. The fourth-order valence-electron chi connectivity index (χ4n) is 1.99. The van der Waals surface area contributed by atoms with E-state index in [1.165, 1.54) is 0 Å². The molecule has 3 N–H and O–H groups in total. The number of carbonyl (C=O) groups excluding carboxylic acids is 1. The molecule has 0 saturated heterocycles. The topological polar surface area (TPSA) is 64.4 Å². The highest BCUT2D eigenvalue weighted by molar-refractivity contribution is 5.81. The number of likely N-dealkylation sites (N-methyl/N-ethyl adjacent to an activating group) is 1. The van der Waals surface area contributed by atoms with Gasteiger partial charge in [0.05, 0.1) is 6.04 Å². The summed E-state index contributed by atoms with van der Waals surface area (Å²) in [5.41, 5.74) is 7.93. The van der Waals surface area contributed by atoms with Crippen LogP contribution in [0.5, 0.6) is 5.75 Å². The van der Waals surface area contributed by atoms with Gasteiger partial charge in [-0.1, -0.05) is 42.5 Å². The molecule has 0 aliphatic heterocycles. The molecule has 0 aliphatic rings. The molecule has 2 aromatic carbocycles. The molecular weight excluding hydrogens is 264 g/mol. The van der Waals surface area contributed by atoms with E-state index in [-0.39, 0.29) is 5.91 Å². The molecule has 0 fully saturated rings. The SMILES string of the molecule is CNC(=O)[C@@H](N)Cc1ccc(OCc2ccccc2)cc1. The van der Waals surface area contributed by atoms with Crippen molar-refractivity contribution in [2.24, 2.45) is 5.73 Å².